The van der Waals surface area contributed by atoms with Crippen molar-refractivity contribution in [2.24, 2.45) is 5.73 Å². The first-order valence-electron chi connectivity index (χ1n) is 5.02. The largest absolute Gasteiger partial charge is 0.383 e. The zero-order valence-electron chi connectivity index (χ0n) is 9.42. The molecule has 0 spiro atoms. The molecule has 0 heterocycles. The van der Waals surface area contributed by atoms with Gasteiger partial charge in [0.15, 0.2) is 0 Å². The summed E-state index contributed by atoms with van der Waals surface area (Å²) in [6, 6.07) is 0.916. The molecule has 2 N–H and O–H groups in total. The number of likely N-dealkylation sites (N-methyl/N-ethyl adjacent to an activating group) is 1. The van der Waals surface area contributed by atoms with Crippen LogP contribution in [0.15, 0.2) is 0 Å². The molecule has 0 aromatic carbocycles. The SMILES string of the molecule is COCCN(C)[C@H](C)CC[C@@H](C)N. The Bertz CT molecular complexity index is 117. The predicted octanol–water partition coefficient (Wildman–Crippen LogP) is 1.08. The summed E-state index contributed by atoms with van der Waals surface area (Å²) in [4.78, 5) is 2.31. The molecule has 0 saturated carbocycles. The lowest BCUT2D eigenvalue weighted by Gasteiger charge is -2.24. The van der Waals surface area contributed by atoms with Gasteiger partial charge >= 0.3 is 0 Å². The summed E-state index contributed by atoms with van der Waals surface area (Å²) in [5, 5.41) is 0. The zero-order chi connectivity index (χ0) is 10.3. The van der Waals surface area contributed by atoms with Crippen LogP contribution >= 0.6 is 0 Å². The lowest BCUT2D eigenvalue weighted by Crippen LogP contribution is -2.33. The molecule has 0 saturated heterocycles. The molecule has 0 aromatic heterocycles. The van der Waals surface area contributed by atoms with Crippen molar-refractivity contribution < 1.29 is 4.74 Å². The first-order valence-corrected chi connectivity index (χ1v) is 5.02. The maximum Gasteiger partial charge on any atom is 0.0589 e. The van der Waals surface area contributed by atoms with Gasteiger partial charge < -0.3 is 15.4 Å². The molecule has 0 aromatic rings. The number of nitrogens with two attached hydrogens (primary N) is 1. The van der Waals surface area contributed by atoms with E-state index < -0.39 is 0 Å². The van der Waals surface area contributed by atoms with Crippen LogP contribution in [-0.4, -0.2) is 44.3 Å². The maximum absolute atomic E-state index is 5.70. The van der Waals surface area contributed by atoms with Gasteiger partial charge in [0.2, 0.25) is 0 Å². The van der Waals surface area contributed by atoms with Crippen LogP contribution in [0.2, 0.25) is 0 Å². The molecule has 0 aliphatic carbocycles. The number of hydrogen-bond donors (Lipinski definition) is 1. The van der Waals surface area contributed by atoms with E-state index >= 15 is 0 Å². The summed E-state index contributed by atoms with van der Waals surface area (Å²) in [6.45, 7) is 6.09. The third-order valence-corrected chi connectivity index (χ3v) is 2.44. The van der Waals surface area contributed by atoms with Crippen LogP contribution < -0.4 is 5.73 Å². The van der Waals surface area contributed by atoms with Crippen LogP contribution in [0.3, 0.4) is 0 Å². The fraction of sp³-hybridized carbons (Fsp3) is 1.00. The second kappa shape index (κ2) is 7.30. The third kappa shape index (κ3) is 6.99. The van der Waals surface area contributed by atoms with Gasteiger partial charge in [-0.1, -0.05) is 0 Å². The highest BCUT2D eigenvalue weighted by atomic mass is 16.5. The first-order chi connectivity index (χ1) is 6.07. The molecular weight excluding hydrogens is 164 g/mol. The summed E-state index contributed by atoms with van der Waals surface area (Å²) in [7, 11) is 3.87. The molecule has 0 bridgehead atoms. The first kappa shape index (κ1) is 12.9. The average molecular weight is 188 g/mol. The molecule has 0 fully saturated rings. The Hall–Kier alpha value is -0.120. The fourth-order valence-corrected chi connectivity index (χ4v) is 1.18. The number of rotatable bonds is 7. The van der Waals surface area contributed by atoms with Gasteiger partial charge in [0.25, 0.3) is 0 Å². The van der Waals surface area contributed by atoms with Gasteiger partial charge in [-0.3, -0.25) is 0 Å². The van der Waals surface area contributed by atoms with Crippen molar-refractivity contribution in [3.63, 3.8) is 0 Å². The molecule has 0 unspecified atom stereocenters. The minimum absolute atomic E-state index is 0.318. The fourth-order valence-electron chi connectivity index (χ4n) is 1.18. The Kier molecular flexibility index (Phi) is 7.23. The molecule has 0 aliphatic heterocycles. The van der Waals surface area contributed by atoms with E-state index in [9.17, 15) is 0 Å². The smallest absolute Gasteiger partial charge is 0.0589 e. The second-order valence-corrected chi connectivity index (χ2v) is 3.88. The van der Waals surface area contributed by atoms with E-state index in [1.165, 1.54) is 0 Å². The highest BCUT2D eigenvalue weighted by Gasteiger charge is 2.08. The number of methoxy groups -OCH3 is 1. The summed E-state index contributed by atoms with van der Waals surface area (Å²) in [6.07, 6.45) is 2.26. The van der Waals surface area contributed by atoms with Crippen molar-refractivity contribution in [3.8, 4) is 0 Å². The Balaban J connectivity index is 3.50. The molecule has 80 valence electrons. The molecule has 0 aliphatic rings. The maximum atomic E-state index is 5.70. The van der Waals surface area contributed by atoms with Crippen LogP contribution in [0.4, 0.5) is 0 Å². The summed E-state index contributed by atoms with van der Waals surface area (Å²) in [5.74, 6) is 0. The van der Waals surface area contributed by atoms with Crippen LogP contribution in [0.1, 0.15) is 26.7 Å². The third-order valence-electron chi connectivity index (χ3n) is 2.44. The standard InChI is InChI=1S/C10H24N2O/c1-9(11)5-6-10(2)12(3)7-8-13-4/h9-10H,5-8,11H2,1-4H3/t9-,10-/m1/s1. The molecule has 3 heteroatoms. The molecule has 0 amide bonds. The van der Waals surface area contributed by atoms with Crippen molar-refractivity contribution in [1.29, 1.82) is 0 Å². The van der Waals surface area contributed by atoms with Crippen LogP contribution in [0, 0.1) is 0 Å². The summed E-state index contributed by atoms with van der Waals surface area (Å²) >= 11 is 0. The average Bonchev–Trinajstić information content (AvgIpc) is 2.10. The van der Waals surface area contributed by atoms with Crippen molar-refractivity contribution in [2.75, 3.05) is 27.3 Å². The summed E-state index contributed by atoms with van der Waals surface area (Å²) < 4.78 is 5.02. The van der Waals surface area contributed by atoms with E-state index in [-0.39, 0.29) is 0 Å². The van der Waals surface area contributed by atoms with Gasteiger partial charge in [0.05, 0.1) is 6.61 Å². The van der Waals surface area contributed by atoms with Gasteiger partial charge in [-0.05, 0) is 33.7 Å². The van der Waals surface area contributed by atoms with Crippen molar-refractivity contribution in [2.45, 2.75) is 38.8 Å². The van der Waals surface area contributed by atoms with Gasteiger partial charge in [-0.2, -0.15) is 0 Å². The highest BCUT2D eigenvalue weighted by molar-refractivity contribution is 4.65. The minimum atomic E-state index is 0.318. The quantitative estimate of drug-likeness (QED) is 0.650. The number of ether oxygens (including phenoxy) is 1. The van der Waals surface area contributed by atoms with Gasteiger partial charge in [0.1, 0.15) is 0 Å². The van der Waals surface area contributed by atoms with Crippen LogP contribution in [-0.2, 0) is 4.74 Å². The van der Waals surface area contributed by atoms with E-state index in [1.54, 1.807) is 7.11 Å². The zero-order valence-corrected chi connectivity index (χ0v) is 9.42. The topological polar surface area (TPSA) is 38.5 Å². The monoisotopic (exact) mass is 188 g/mol. The number of hydrogen-bond acceptors (Lipinski definition) is 3. The second-order valence-electron chi connectivity index (χ2n) is 3.88. The Morgan fingerprint density at radius 1 is 1.31 bits per heavy atom. The highest BCUT2D eigenvalue weighted by Crippen LogP contribution is 2.05. The summed E-state index contributed by atoms with van der Waals surface area (Å²) in [5.41, 5.74) is 5.70. The molecule has 0 radical (unpaired) electrons. The minimum Gasteiger partial charge on any atom is -0.383 e. The molecular formula is C10H24N2O. The van der Waals surface area contributed by atoms with Gasteiger partial charge in [-0.15, -0.1) is 0 Å². The lowest BCUT2D eigenvalue weighted by atomic mass is 10.1. The lowest BCUT2D eigenvalue weighted by molar-refractivity contribution is 0.139. The molecule has 0 rings (SSSR count). The van der Waals surface area contributed by atoms with Crippen molar-refractivity contribution in [1.82, 2.24) is 4.90 Å². The molecule has 3 nitrogen and oxygen atoms in total. The predicted molar refractivity (Wildman–Crippen MR) is 56.9 cm³/mol. The van der Waals surface area contributed by atoms with E-state index in [4.69, 9.17) is 10.5 Å². The van der Waals surface area contributed by atoms with E-state index in [0.29, 0.717) is 12.1 Å². The van der Waals surface area contributed by atoms with Crippen LogP contribution in [0.25, 0.3) is 0 Å². The molecule has 2 atom stereocenters. The van der Waals surface area contributed by atoms with Gasteiger partial charge in [-0.25, -0.2) is 0 Å². The van der Waals surface area contributed by atoms with E-state index in [0.717, 1.165) is 26.0 Å². The van der Waals surface area contributed by atoms with Crippen LogP contribution in [0.5, 0.6) is 0 Å². The van der Waals surface area contributed by atoms with Gasteiger partial charge in [0, 0.05) is 25.7 Å². The Morgan fingerprint density at radius 3 is 2.38 bits per heavy atom. The van der Waals surface area contributed by atoms with Crippen molar-refractivity contribution in [3.05, 3.63) is 0 Å². The normalized spacial score (nSPS) is 16.2. The molecule has 13 heavy (non-hydrogen) atoms. The Morgan fingerprint density at radius 2 is 1.92 bits per heavy atom. The van der Waals surface area contributed by atoms with E-state index in [1.807, 2.05) is 0 Å². The Labute approximate surface area is 82.2 Å². The van der Waals surface area contributed by atoms with Crippen molar-refractivity contribution >= 4 is 0 Å². The van der Waals surface area contributed by atoms with E-state index in [2.05, 4.69) is 25.8 Å². The number of nitrogens with zero attached hydrogens (tertiary/aromatic N) is 1.